The summed E-state index contributed by atoms with van der Waals surface area (Å²) in [4.78, 5) is 24.7. The van der Waals surface area contributed by atoms with Crippen molar-refractivity contribution in [2.75, 3.05) is 13.1 Å². The number of halogens is 3. The van der Waals surface area contributed by atoms with Gasteiger partial charge in [0.05, 0.1) is 16.7 Å². The number of nitrogens with one attached hydrogen (secondary N) is 2. The van der Waals surface area contributed by atoms with Gasteiger partial charge in [0.2, 0.25) is 5.82 Å². The number of hydrogen-bond donors (Lipinski definition) is 3. The number of rotatable bonds is 6. The average Bonchev–Trinajstić information content (AvgIpc) is 3.76. The SMILES string of the molecule is Cc1ccc2nc(C3CCN(Cc4ccc(-c5ncc(-c6nn[nH]n6)cc5-c5ccccc5)cc4)CC3)[nH]c2c1.O=C(O)C(F)(F)F. The number of aromatic nitrogens is 7. The number of aryl methyl sites for hydroxylation is 1. The molecule has 4 heterocycles. The van der Waals surface area contributed by atoms with Crippen LogP contribution in [0, 0.1) is 6.92 Å². The summed E-state index contributed by atoms with van der Waals surface area (Å²) in [5.74, 6) is -0.598. The lowest BCUT2D eigenvalue weighted by molar-refractivity contribution is -0.192. The highest BCUT2D eigenvalue weighted by Gasteiger charge is 2.38. The van der Waals surface area contributed by atoms with Crippen molar-refractivity contribution in [3.8, 4) is 33.8 Å². The van der Waals surface area contributed by atoms with E-state index in [4.69, 9.17) is 19.9 Å². The molecule has 0 aliphatic carbocycles. The van der Waals surface area contributed by atoms with E-state index in [1.54, 1.807) is 0 Å². The highest BCUT2D eigenvalue weighted by molar-refractivity contribution is 5.83. The van der Waals surface area contributed by atoms with E-state index in [2.05, 4.69) is 98.1 Å². The number of nitrogens with zero attached hydrogens (tertiary/aromatic N) is 6. The molecule has 0 spiro atoms. The molecule has 7 rings (SSSR count). The monoisotopic (exact) mass is 640 g/mol. The van der Waals surface area contributed by atoms with E-state index in [-0.39, 0.29) is 0 Å². The Morgan fingerprint density at radius 2 is 1.68 bits per heavy atom. The second-order valence-electron chi connectivity index (χ2n) is 11.4. The number of aliphatic carboxylic acids is 1. The van der Waals surface area contributed by atoms with Crippen LogP contribution in [0.2, 0.25) is 0 Å². The zero-order valence-electron chi connectivity index (χ0n) is 25.4. The standard InChI is InChI=1S/C32H30N8.C2HF3O2/c1-21-7-12-28-29(17-21)35-31(34-28)25-13-15-40(16-14-25)20-22-8-10-24(11-9-22)30-27(23-5-3-2-4-6-23)18-26(19-33-30)32-36-38-39-37-32;3-2(4,5)1(6)7/h2-12,17-19,25H,13-16,20H2,1H3,(H,34,35)(H,36,37,38,39);(H,6,7). The summed E-state index contributed by atoms with van der Waals surface area (Å²) >= 11 is 0. The molecule has 0 saturated carbocycles. The Balaban J connectivity index is 0.000000499. The average molecular weight is 641 g/mol. The van der Waals surface area contributed by atoms with Crippen molar-refractivity contribution < 1.29 is 23.1 Å². The topological polar surface area (TPSA) is 137 Å². The van der Waals surface area contributed by atoms with Gasteiger partial charge in [-0.05, 0) is 73.0 Å². The van der Waals surface area contributed by atoms with E-state index in [0.717, 1.165) is 77.3 Å². The molecule has 0 atom stereocenters. The first-order valence-electron chi connectivity index (χ1n) is 15.0. The van der Waals surface area contributed by atoms with Gasteiger partial charge >= 0.3 is 12.1 Å². The summed E-state index contributed by atoms with van der Waals surface area (Å²) in [6, 6.07) is 27.7. The first-order valence-corrected chi connectivity index (χ1v) is 15.0. The first-order chi connectivity index (χ1) is 22.6. The van der Waals surface area contributed by atoms with Crippen molar-refractivity contribution in [2.45, 2.75) is 38.4 Å². The fraction of sp³-hybridized carbons (Fsp3) is 0.235. The molecule has 1 saturated heterocycles. The largest absolute Gasteiger partial charge is 0.490 e. The van der Waals surface area contributed by atoms with Crippen molar-refractivity contribution in [1.82, 2.24) is 40.5 Å². The minimum absolute atomic E-state index is 0.490. The summed E-state index contributed by atoms with van der Waals surface area (Å²) in [6.45, 7) is 5.21. The third-order valence-electron chi connectivity index (χ3n) is 8.08. The van der Waals surface area contributed by atoms with Crippen molar-refractivity contribution in [1.29, 1.82) is 0 Å². The molecule has 6 aromatic rings. The molecule has 3 aromatic carbocycles. The molecule has 1 aliphatic heterocycles. The van der Waals surface area contributed by atoms with Gasteiger partial charge in [0.15, 0.2) is 0 Å². The number of carboxylic acid groups (broad SMARTS) is 1. The van der Waals surface area contributed by atoms with E-state index in [1.807, 2.05) is 24.4 Å². The normalized spacial score (nSPS) is 14.1. The number of H-pyrrole nitrogens is 2. The number of imidazole rings is 1. The number of piperidine rings is 1. The number of carboxylic acids is 1. The van der Waals surface area contributed by atoms with Gasteiger partial charge in [-0.2, -0.15) is 18.4 Å². The molecule has 0 amide bonds. The maximum Gasteiger partial charge on any atom is 0.490 e. The zero-order valence-corrected chi connectivity index (χ0v) is 25.4. The van der Waals surface area contributed by atoms with Crippen LogP contribution in [0.4, 0.5) is 13.2 Å². The second-order valence-corrected chi connectivity index (χ2v) is 11.4. The number of aromatic amines is 2. The minimum atomic E-state index is -5.08. The van der Waals surface area contributed by atoms with Gasteiger partial charge in [0.25, 0.3) is 0 Å². The molecule has 10 nitrogen and oxygen atoms in total. The van der Waals surface area contributed by atoms with Crippen molar-refractivity contribution >= 4 is 17.0 Å². The van der Waals surface area contributed by atoms with Gasteiger partial charge < -0.3 is 10.1 Å². The van der Waals surface area contributed by atoms with E-state index in [9.17, 15) is 13.2 Å². The van der Waals surface area contributed by atoms with E-state index in [0.29, 0.717) is 11.7 Å². The fourth-order valence-corrected chi connectivity index (χ4v) is 5.67. The molecular weight excluding hydrogens is 609 g/mol. The number of tetrazole rings is 1. The lowest BCUT2D eigenvalue weighted by atomic mass is 9.95. The Kier molecular flexibility index (Phi) is 9.07. The number of benzene rings is 3. The van der Waals surface area contributed by atoms with Gasteiger partial charge in [-0.3, -0.25) is 9.88 Å². The van der Waals surface area contributed by atoms with Gasteiger partial charge in [-0.15, -0.1) is 10.2 Å². The van der Waals surface area contributed by atoms with Crippen LogP contribution in [0.25, 0.3) is 44.8 Å². The lowest BCUT2D eigenvalue weighted by Gasteiger charge is -2.31. The van der Waals surface area contributed by atoms with Crippen LogP contribution in [0.1, 0.15) is 35.7 Å². The van der Waals surface area contributed by atoms with Crippen molar-refractivity contribution in [3.63, 3.8) is 0 Å². The van der Waals surface area contributed by atoms with Crippen LogP contribution in [0.3, 0.4) is 0 Å². The molecule has 1 fully saturated rings. The van der Waals surface area contributed by atoms with E-state index in [1.165, 1.54) is 11.1 Å². The van der Waals surface area contributed by atoms with Gasteiger partial charge in [0, 0.05) is 35.3 Å². The van der Waals surface area contributed by atoms with Crippen molar-refractivity contribution in [3.05, 3.63) is 102 Å². The van der Waals surface area contributed by atoms with Gasteiger partial charge in [-0.25, -0.2) is 9.78 Å². The number of likely N-dealkylation sites (tertiary alicyclic amines) is 1. The molecule has 240 valence electrons. The van der Waals surface area contributed by atoms with E-state index < -0.39 is 12.1 Å². The van der Waals surface area contributed by atoms with Crippen LogP contribution < -0.4 is 0 Å². The Bertz CT molecular complexity index is 1950. The quantitative estimate of drug-likeness (QED) is 0.181. The first kappa shape index (κ1) is 31.5. The number of alkyl halides is 3. The van der Waals surface area contributed by atoms with E-state index >= 15 is 0 Å². The third kappa shape index (κ3) is 7.52. The predicted molar refractivity (Wildman–Crippen MR) is 170 cm³/mol. The Hall–Kier alpha value is -5.43. The summed E-state index contributed by atoms with van der Waals surface area (Å²) in [5, 5.41) is 21.6. The van der Waals surface area contributed by atoms with Crippen LogP contribution in [0.15, 0.2) is 85.1 Å². The highest BCUT2D eigenvalue weighted by atomic mass is 19.4. The smallest absolute Gasteiger partial charge is 0.475 e. The Morgan fingerprint density at radius 3 is 2.34 bits per heavy atom. The maximum absolute atomic E-state index is 10.6. The van der Waals surface area contributed by atoms with Gasteiger partial charge in [-0.1, -0.05) is 60.7 Å². The van der Waals surface area contributed by atoms with Crippen molar-refractivity contribution in [2.24, 2.45) is 0 Å². The van der Waals surface area contributed by atoms with Crippen LogP contribution in [-0.4, -0.2) is 70.8 Å². The molecule has 47 heavy (non-hydrogen) atoms. The highest BCUT2D eigenvalue weighted by Crippen LogP contribution is 2.34. The maximum atomic E-state index is 10.6. The number of hydrogen-bond acceptors (Lipinski definition) is 7. The van der Waals surface area contributed by atoms with Crippen LogP contribution in [-0.2, 0) is 11.3 Å². The molecule has 13 heteroatoms. The molecule has 1 aliphatic rings. The summed E-state index contributed by atoms with van der Waals surface area (Å²) in [7, 11) is 0. The molecule has 3 N–H and O–H groups in total. The summed E-state index contributed by atoms with van der Waals surface area (Å²) in [6.07, 6.45) is -1.03. The molecule has 0 unspecified atom stereocenters. The zero-order chi connectivity index (χ0) is 33.0. The summed E-state index contributed by atoms with van der Waals surface area (Å²) in [5.41, 5.74) is 9.77. The van der Waals surface area contributed by atoms with Gasteiger partial charge in [0.1, 0.15) is 5.82 Å². The number of pyridine rings is 1. The molecule has 0 radical (unpaired) electrons. The van der Waals surface area contributed by atoms with Crippen LogP contribution in [0.5, 0.6) is 0 Å². The molecule has 0 bridgehead atoms. The lowest BCUT2D eigenvalue weighted by Crippen LogP contribution is -2.32. The minimum Gasteiger partial charge on any atom is -0.475 e. The Morgan fingerprint density at radius 1 is 0.957 bits per heavy atom. The summed E-state index contributed by atoms with van der Waals surface area (Å²) < 4.78 is 31.7. The molecule has 3 aromatic heterocycles. The number of fused-ring (bicyclic) bond motifs is 1. The second kappa shape index (κ2) is 13.5. The number of carbonyl (C=O) groups is 1. The Labute approximate surface area is 267 Å². The van der Waals surface area contributed by atoms with Crippen LogP contribution >= 0.6 is 0 Å². The molecular formula is C34H31F3N8O2. The predicted octanol–water partition coefficient (Wildman–Crippen LogP) is 6.79. The third-order valence-corrected chi connectivity index (χ3v) is 8.08. The fourth-order valence-electron chi connectivity index (χ4n) is 5.67.